The highest BCUT2D eigenvalue weighted by Gasteiger charge is 2.17. The lowest BCUT2D eigenvalue weighted by molar-refractivity contribution is 0.515. The molecule has 0 bridgehead atoms. The molecule has 106 valence electrons. The first-order valence-corrected chi connectivity index (χ1v) is 8.63. The first kappa shape index (κ1) is 15.0. The average Bonchev–Trinajstić information content (AvgIpc) is 2.36. The molecule has 19 heavy (non-hydrogen) atoms. The fourth-order valence-corrected chi connectivity index (χ4v) is 3.83. The number of hydrogen-bond donors (Lipinski definition) is 1. The van der Waals surface area contributed by atoms with Crippen molar-refractivity contribution >= 4 is 24.0 Å². The Balaban J connectivity index is 2.03. The Morgan fingerprint density at radius 2 is 2.00 bits per heavy atom. The first-order valence-electron chi connectivity index (χ1n) is 7.17. The van der Waals surface area contributed by atoms with Crippen LogP contribution in [0.1, 0.15) is 64.4 Å². The van der Waals surface area contributed by atoms with Crippen LogP contribution in [0.15, 0.2) is 6.07 Å². The van der Waals surface area contributed by atoms with Crippen molar-refractivity contribution in [2.24, 2.45) is 0 Å². The molecule has 1 fully saturated rings. The molecule has 1 aromatic rings. The van der Waals surface area contributed by atoms with E-state index in [4.69, 9.17) is 12.2 Å². The normalized spacial score (nSPS) is 17.6. The van der Waals surface area contributed by atoms with E-state index in [-0.39, 0.29) is 5.41 Å². The third-order valence-corrected chi connectivity index (χ3v) is 5.20. The summed E-state index contributed by atoms with van der Waals surface area (Å²) in [5.74, 6) is 1.99. The monoisotopic (exact) mass is 296 g/mol. The van der Waals surface area contributed by atoms with Gasteiger partial charge in [-0.05, 0) is 18.9 Å². The quantitative estimate of drug-likeness (QED) is 0.795. The van der Waals surface area contributed by atoms with Crippen LogP contribution in [-0.2, 0) is 11.2 Å². The molecule has 2 rings (SSSR count). The van der Waals surface area contributed by atoms with Gasteiger partial charge in [-0.3, -0.25) is 0 Å². The van der Waals surface area contributed by atoms with Crippen molar-refractivity contribution in [3.8, 4) is 0 Å². The maximum absolute atomic E-state index is 5.29. The molecule has 1 N–H and O–H groups in total. The van der Waals surface area contributed by atoms with Gasteiger partial charge in [0.2, 0.25) is 0 Å². The summed E-state index contributed by atoms with van der Waals surface area (Å²) in [7, 11) is 0. The highest BCUT2D eigenvalue weighted by Crippen LogP contribution is 2.30. The summed E-state index contributed by atoms with van der Waals surface area (Å²) in [5.41, 5.74) is 1.28. The van der Waals surface area contributed by atoms with Gasteiger partial charge in [-0.1, -0.05) is 52.3 Å². The number of hydrogen-bond acceptors (Lipinski definition) is 3. The molecule has 0 atom stereocenters. The topological polar surface area (TPSA) is 28.7 Å². The summed E-state index contributed by atoms with van der Waals surface area (Å²) in [6.07, 6.45) is 6.93. The summed E-state index contributed by atoms with van der Waals surface area (Å²) < 4.78 is 0.711. The van der Waals surface area contributed by atoms with E-state index in [1.807, 2.05) is 17.8 Å². The van der Waals surface area contributed by atoms with Crippen LogP contribution in [0.3, 0.4) is 0 Å². The van der Waals surface area contributed by atoms with Crippen LogP contribution in [0.25, 0.3) is 0 Å². The number of thioether (sulfide) groups is 1. The molecule has 1 aromatic heterocycles. The molecule has 0 spiro atoms. The predicted molar refractivity (Wildman–Crippen MR) is 86.3 cm³/mol. The van der Waals surface area contributed by atoms with E-state index in [1.54, 1.807) is 0 Å². The van der Waals surface area contributed by atoms with Gasteiger partial charge in [0.25, 0.3) is 0 Å². The molecule has 0 unspecified atom stereocenters. The van der Waals surface area contributed by atoms with E-state index < -0.39 is 0 Å². The molecule has 4 heteroatoms. The Morgan fingerprint density at radius 1 is 1.32 bits per heavy atom. The molecule has 0 aliphatic heterocycles. The number of rotatable bonds is 3. The van der Waals surface area contributed by atoms with Crippen LogP contribution < -0.4 is 0 Å². The van der Waals surface area contributed by atoms with E-state index >= 15 is 0 Å². The highest BCUT2D eigenvalue weighted by molar-refractivity contribution is 7.99. The Morgan fingerprint density at radius 3 is 2.63 bits per heavy atom. The van der Waals surface area contributed by atoms with Crippen molar-refractivity contribution in [3.05, 3.63) is 22.2 Å². The maximum atomic E-state index is 5.29. The van der Waals surface area contributed by atoms with Crippen LogP contribution in [0, 0.1) is 4.64 Å². The van der Waals surface area contributed by atoms with E-state index in [0.717, 1.165) is 16.8 Å². The van der Waals surface area contributed by atoms with E-state index in [9.17, 15) is 0 Å². The highest BCUT2D eigenvalue weighted by atomic mass is 32.2. The molecule has 0 amide bonds. The zero-order chi connectivity index (χ0) is 13.9. The van der Waals surface area contributed by atoms with E-state index in [2.05, 4.69) is 30.7 Å². The summed E-state index contributed by atoms with van der Waals surface area (Å²) in [6.45, 7) is 6.60. The molecule has 1 saturated carbocycles. The first-order chi connectivity index (χ1) is 8.95. The SMILES string of the molecule is CC(C)(C)c1cc(=S)nc(CSC2CCCCC2)[nH]1. The fourth-order valence-electron chi connectivity index (χ4n) is 2.41. The van der Waals surface area contributed by atoms with Crippen molar-refractivity contribution in [2.45, 2.75) is 69.3 Å². The lowest BCUT2D eigenvalue weighted by Crippen LogP contribution is -2.15. The van der Waals surface area contributed by atoms with Crippen LogP contribution in [0.4, 0.5) is 0 Å². The van der Waals surface area contributed by atoms with Crippen molar-refractivity contribution in [2.75, 3.05) is 0 Å². The zero-order valence-corrected chi connectivity index (χ0v) is 13.8. The minimum Gasteiger partial charge on any atom is -0.346 e. The largest absolute Gasteiger partial charge is 0.346 e. The van der Waals surface area contributed by atoms with Gasteiger partial charge in [0.15, 0.2) is 0 Å². The molecule has 1 heterocycles. The lowest BCUT2D eigenvalue weighted by atomic mass is 9.92. The Labute approximate surface area is 125 Å². The lowest BCUT2D eigenvalue weighted by Gasteiger charge is -2.22. The number of aromatic amines is 1. The minimum atomic E-state index is 0.0980. The van der Waals surface area contributed by atoms with Crippen molar-refractivity contribution in [1.29, 1.82) is 0 Å². The smallest absolute Gasteiger partial charge is 0.130 e. The Hall–Kier alpha value is -0.350. The van der Waals surface area contributed by atoms with Gasteiger partial charge in [-0.25, -0.2) is 4.98 Å². The molecular weight excluding hydrogens is 272 g/mol. The van der Waals surface area contributed by atoms with Crippen molar-refractivity contribution in [1.82, 2.24) is 9.97 Å². The van der Waals surface area contributed by atoms with Crippen LogP contribution >= 0.6 is 24.0 Å². The molecular formula is C15H24N2S2. The van der Waals surface area contributed by atoms with E-state index in [1.165, 1.54) is 37.8 Å². The summed E-state index contributed by atoms with van der Waals surface area (Å²) >= 11 is 7.32. The van der Waals surface area contributed by atoms with Gasteiger partial charge in [-0.15, -0.1) is 0 Å². The third kappa shape index (κ3) is 4.60. The molecule has 0 radical (unpaired) electrons. The summed E-state index contributed by atoms with van der Waals surface area (Å²) in [4.78, 5) is 7.94. The minimum absolute atomic E-state index is 0.0980. The third-order valence-electron chi connectivity index (χ3n) is 3.61. The van der Waals surface area contributed by atoms with E-state index in [0.29, 0.717) is 4.64 Å². The average molecular weight is 297 g/mol. The fraction of sp³-hybridized carbons (Fsp3) is 0.733. The maximum Gasteiger partial charge on any atom is 0.130 e. The summed E-state index contributed by atoms with van der Waals surface area (Å²) in [6, 6.07) is 1.99. The zero-order valence-electron chi connectivity index (χ0n) is 12.2. The molecule has 1 aliphatic rings. The van der Waals surface area contributed by atoms with Crippen LogP contribution in [-0.4, -0.2) is 15.2 Å². The second-order valence-corrected chi connectivity index (χ2v) is 8.11. The van der Waals surface area contributed by atoms with Crippen molar-refractivity contribution in [3.63, 3.8) is 0 Å². The second-order valence-electron chi connectivity index (χ2n) is 6.40. The van der Waals surface area contributed by atoms with Gasteiger partial charge >= 0.3 is 0 Å². The number of nitrogens with one attached hydrogen (secondary N) is 1. The molecule has 0 aromatic carbocycles. The Kier molecular flexibility index (Phi) is 5.07. The van der Waals surface area contributed by atoms with Gasteiger partial charge in [0.05, 0.1) is 5.75 Å². The molecule has 0 saturated heterocycles. The molecule has 2 nitrogen and oxygen atoms in total. The predicted octanol–water partition coefficient (Wildman–Crippen LogP) is 5.00. The van der Waals surface area contributed by atoms with Gasteiger partial charge in [-0.2, -0.15) is 11.8 Å². The molecule has 1 aliphatic carbocycles. The van der Waals surface area contributed by atoms with Gasteiger partial charge in [0.1, 0.15) is 10.5 Å². The number of aromatic nitrogens is 2. The van der Waals surface area contributed by atoms with Crippen LogP contribution in [0.2, 0.25) is 0 Å². The standard InChI is InChI=1S/C15H24N2S2/c1-15(2,3)12-9-14(18)17-13(16-12)10-19-11-7-5-4-6-8-11/h9,11H,4-8,10H2,1-3H3,(H,16,17,18). The van der Waals surface area contributed by atoms with Crippen molar-refractivity contribution < 1.29 is 0 Å². The summed E-state index contributed by atoms with van der Waals surface area (Å²) in [5, 5.41) is 0.816. The van der Waals surface area contributed by atoms with Crippen LogP contribution in [0.5, 0.6) is 0 Å². The number of nitrogens with zero attached hydrogens (tertiary/aromatic N) is 1. The van der Waals surface area contributed by atoms with Gasteiger partial charge in [0, 0.05) is 16.4 Å². The second kappa shape index (κ2) is 6.40. The Bertz CT molecular complexity index is 468. The van der Waals surface area contributed by atoms with Gasteiger partial charge < -0.3 is 4.98 Å². The number of H-pyrrole nitrogens is 1.